The molecule has 0 amide bonds. The van der Waals surface area contributed by atoms with Gasteiger partial charge in [-0.3, -0.25) is 0 Å². The van der Waals surface area contributed by atoms with Crippen LogP contribution in [0.2, 0.25) is 0 Å². The van der Waals surface area contributed by atoms with E-state index in [-0.39, 0.29) is 7.43 Å². The van der Waals surface area contributed by atoms with Crippen molar-refractivity contribution in [2.45, 2.75) is 66.7 Å². The lowest BCUT2D eigenvalue weighted by Gasteiger charge is -2.62. The Bertz CT molecular complexity index is 208. The lowest BCUT2D eigenvalue weighted by atomic mass is 9.43. The van der Waals surface area contributed by atoms with Crippen molar-refractivity contribution in [1.82, 2.24) is 0 Å². The Labute approximate surface area is 95.8 Å². The Kier molecular flexibility index (Phi) is 2.48. The van der Waals surface area contributed by atoms with Crippen LogP contribution in [0.5, 0.6) is 0 Å². The summed E-state index contributed by atoms with van der Waals surface area (Å²) in [5.74, 6) is 3.33. The number of rotatable bonds is 0. The van der Waals surface area contributed by atoms with E-state index in [4.69, 9.17) is 0 Å². The second-order valence-corrected chi connectivity index (χ2v) is 7.45. The highest BCUT2D eigenvalue weighted by molar-refractivity contribution is 5.05. The van der Waals surface area contributed by atoms with Gasteiger partial charge in [0, 0.05) is 0 Å². The molecule has 4 aliphatic carbocycles. The molecule has 4 rings (SSSR count). The number of hydrogen-bond donors (Lipinski definition) is 0. The first-order valence-corrected chi connectivity index (χ1v) is 6.48. The van der Waals surface area contributed by atoms with E-state index in [1.165, 1.54) is 0 Å². The average molecular weight is 208 g/mol. The minimum Gasteiger partial charge on any atom is -0.0776 e. The molecular formula is C15H28. The minimum atomic E-state index is 0. The van der Waals surface area contributed by atoms with Crippen molar-refractivity contribution in [2.24, 2.45) is 28.6 Å². The van der Waals surface area contributed by atoms with Crippen LogP contribution in [0, 0.1) is 28.6 Å². The highest BCUT2D eigenvalue weighted by atomic mass is 14.6. The van der Waals surface area contributed by atoms with Gasteiger partial charge in [0.1, 0.15) is 0 Å². The van der Waals surface area contributed by atoms with Crippen LogP contribution in [0.15, 0.2) is 0 Å². The SMILES string of the molecule is C.CC(C)(C)C12CC3CC(CC(C3)C1)C2. The fourth-order valence-electron chi connectivity index (χ4n) is 5.03. The first kappa shape index (κ1) is 11.5. The molecule has 0 saturated heterocycles. The fraction of sp³-hybridized carbons (Fsp3) is 1.00. The third kappa shape index (κ3) is 1.56. The molecule has 0 aromatic heterocycles. The maximum absolute atomic E-state index is 2.49. The molecule has 15 heavy (non-hydrogen) atoms. The monoisotopic (exact) mass is 208 g/mol. The van der Waals surface area contributed by atoms with Crippen molar-refractivity contribution in [3.8, 4) is 0 Å². The summed E-state index contributed by atoms with van der Waals surface area (Å²) in [7, 11) is 0. The standard InChI is InChI=1S/C14H24.CH4/c1-13(2,3)14-7-10-4-11(8-14)6-12(5-10)9-14;/h10-12H,4-9H2,1-3H3;1H4. The predicted molar refractivity (Wildman–Crippen MR) is 66.8 cm³/mol. The van der Waals surface area contributed by atoms with Crippen molar-refractivity contribution in [1.29, 1.82) is 0 Å². The molecule has 0 nitrogen and oxygen atoms in total. The second kappa shape index (κ2) is 3.25. The Morgan fingerprint density at radius 1 is 0.800 bits per heavy atom. The van der Waals surface area contributed by atoms with E-state index in [0.29, 0.717) is 5.41 Å². The van der Waals surface area contributed by atoms with Gasteiger partial charge < -0.3 is 0 Å². The van der Waals surface area contributed by atoms with Gasteiger partial charge in [0.15, 0.2) is 0 Å². The zero-order valence-electron chi connectivity index (χ0n) is 9.97. The van der Waals surface area contributed by atoms with Crippen LogP contribution >= 0.6 is 0 Å². The van der Waals surface area contributed by atoms with E-state index in [9.17, 15) is 0 Å². The molecule has 0 radical (unpaired) electrons. The maximum Gasteiger partial charge on any atom is -0.0241 e. The molecule has 0 atom stereocenters. The van der Waals surface area contributed by atoms with Crippen molar-refractivity contribution < 1.29 is 0 Å². The summed E-state index contributed by atoms with van der Waals surface area (Å²) < 4.78 is 0. The van der Waals surface area contributed by atoms with E-state index < -0.39 is 0 Å². The molecule has 0 spiro atoms. The van der Waals surface area contributed by atoms with Crippen LogP contribution in [-0.2, 0) is 0 Å². The first-order valence-electron chi connectivity index (χ1n) is 6.48. The van der Waals surface area contributed by atoms with Gasteiger partial charge in [-0.25, -0.2) is 0 Å². The normalized spacial score (nSPS) is 47.8. The highest BCUT2D eigenvalue weighted by Crippen LogP contribution is 2.65. The molecule has 4 bridgehead atoms. The third-order valence-corrected chi connectivity index (χ3v) is 5.63. The van der Waals surface area contributed by atoms with Crippen molar-refractivity contribution in [3.05, 3.63) is 0 Å². The summed E-state index contributed by atoms with van der Waals surface area (Å²) in [6.45, 7) is 7.46. The van der Waals surface area contributed by atoms with E-state index >= 15 is 0 Å². The molecule has 0 aromatic carbocycles. The quantitative estimate of drug-likeness (QED) is 0.532. The Morgan fingerprint density at radius 3 is 1.40 bits per heavy atom. The summed E-state index contributed by atoms with van der Waals surface area (Å²) in [5, 5.41) is 0. The van der Waals surface area contributed by atoms with Gasteiger partial charge in [0.2, 0.25) is 0 Å². The molecule has 0 heterocycles. The first-order chi connectivity index (χ1) is 6.48. The predicted octanol–water partition coefficient (Wildman–Crippen LogP) is 4.89. The summed E-state index contributed by atoms with van der Waals surface area (Å²) in [6.07, 6.45) is 9.41. The lowest BCUT2D eigenvalue weighted by Crippen LogP contribution is -2.51. The zero-order chi connectivity index (χ0) is 9.97. The molecule has 4 fully saturated rings. The van der Waals surface area contributed by atoms with Gasteiger partial charge in [-0.1, -0.05) is 28.2 Å². The van der Waals surface area contributed by atoms with Crippen molar-refractivity contribution in [3.63, 3.8) is 0 Å². The second-order valence-electron chi connectivity index (χ2n) is 7.45. The van der Waals surface area contributed by atoms with Gasteiger partial charge >= 0.3 is 0 Å². The molecular weight excluding hydrogens is 180 g/mol. The summed E-state index contributed by atoms with van der Waals surface area (Å²) >= 11 is 0. The Morgan fingerprint density at radius 2 is 1.13 bits per heavy atom. The molecule has 0 N–H and O–H groups in total. The minimum absolute atomic E-state index is 0. The molecule has 0 aliphatic heterocycles. The summed E-state index contributed by atoms with van der Waals surface area (Å²) in [4.78, 5) is 0. The van der Waals surface area contributed by atoms with Crippen LogP contribution in [0.25, 0.3) is 0 Å². The van der Waals surface area contributed by atoms with Crippen LogP contribution in [0.4, 0.5) is 0 Å². The van der Waals surface area contributed by atoms with Crippen LogP contribution < -0.4 is 0 Å². The van der Waals surface area contributed by atoms with E-state index in [1.54, 1.807) is 38.5 Å². The Balaban J connectivity index is 0.000000853. The van der Waals surface area contributed by atoms with Gasteiger partial charge in [-0.05, 0) is 67.1 Å². The molecule has 88 valence electrons. The topological polar surface area (TPSA) is 0 Å². The van der Waals surface area contributed by atoms with E-state index in [1.807, 2.05) is 0 Å². The van der Waals surface area contributed by atoms with Crippen molar-refractivity contribution >= 4 is 0 Å². The van der Waals surface area contributed by atoms with Crippen molar-refractivity contribution in [2.75, 3.05) is 0 Å². The van der Waals surface area contributed by atoms with Gasteiger partial charge in [0.25, 0.3) is 0 Å². The average Bonchev–Trinajstić information content (AvgIpc) is 1.98. The van der Waals surface area contributed by atoms with E-state index in [2.05, 4.69) is 20.8 Å². The van der Waals surface area contributed by atoms with Gasteiger partial charge in [0.05, 0.1) is 0 Å². The smallest absolute Gasteiger partial charge is 0.0241 e. The van der Waals surface area contributed by atoms with E-state index in [0.717, 1.165) is 23.2 Å². The Hall–Kier alpha value is 0. The van der Waals surface area contributed by atoms with Gasteiger partial charge in [-0.15, -0.1) is 0 Å². The molecule has 4 saturated carbocycles. The zero-order valence-corrected chi connectivity index (χ0v) is 9.97. The van der Waals surface area contributed by atoms with Crippen LogP contribution in [0.3, 0.4) is 0 Å². The van der Waals surface area contributed by atoms with Gasteiger partial charge in [-0.2, -0.15) is 0 Å². The molecule has 0 heteroatoms. The fourth-order valence-corrected chi connectivity index (χ4v) is 5.03. The summed E-state index contributed by atoms with van der Waals surface area (Å²) in [5.41, 5.74) is 1.30. The number of hydrogen-bond acceptors (Lipinski definition) is 0. The largest absolute Gasteiger partial charge is 0.0776 e. The molecule has 0 unspecified atom stereocenters. The third-order valence-electron chi connectivity index (χ3n) is 5.63. The summed E-state index contributed by atoms with van der Waals surface area (Å²) in [6, 6.07) is 0. The highest BCUT2D eigenvalue weighted by Gasteiger charge is 2.55. The lowest BCUT2D eigenvalue weighted by molar-refractivity contribution is -0.113. The molecule has 0 aromatic rings. The van der Waals surface area contributed by atoms with Crippen LogP contribution in [-0.4, -0.2) is 0 Å². The molecule has 4 aliphatic rings. The van der Waals surface area contributed by atoms with Crippen LogP contribution in [0.1, 0.15) is 66.7 Å². The maximum atomic E-state index is 2.49.